The van der Waals surface area contributed by atoms with E-state index in [1.807, 2.05) is 6.92 Å². The molecular weight excluding hydrogens is 373 g/mol. The van der Waals surface area contributed by atoms with Gasteiger partial charge in [-0.2, -0.15) is 0 Å². The van der Waals surface area contributed by atoms with Gasteiger partial charge in [-0.3, -0.25) is 4.79 Å². The molecule has 1 amide bonds. The molecule has 0 radical (unpaired) electrons. The minimum Gasteiger partial charge on any atom is -0.481 e. The molecule has 2 aromatic rings. The lowest BCUT2D eigenvalue weighted by atomic mass is 10.1. The van der Waals surface area contributed by atoms with Gasteiger partial charge in [-0.25, -0.2) is 4.79 Å². The number of para-hydroxylation sites is 1. The monoisotopic (exact) mass is 387 g/mol. The first-order chi connectivity index (χ1) is 11.3. The van der Waals surface area contributed by atoms with Crippen molar-refractivity contribution in [2.45, 2.75) is 13.8 Å². The fourth-order valence-electron chi connectivity index (χ4n) is 1.98. The molecule has 0 bridgehead atoms. The first-order valence-corrected chi connectivity index (χ1v) is 8.47. The van der Waals surface area contributed by atoms with Crippen LogP contribution in [0.5, 0.6) is 5.75 Å². The summed E-state index contributed by atoms with van der Waals surface area (Å²) in [6, 6.07) is 4.90. The second kappa shape index (κ2) is 7.88. The Morgan fingerprint density at radius 3 is 2.42 bits per heavy atom. The lowest BCUT2D eigenvalue weighted by molar-refractivity contribution is -0.118. The van der Waals surface area contributed by atoms with E-state index in [4.69, 9.17) is 32.7 Å². The second-order valence-corrected chi connectivity index (χ2v) is 6.91. The van der Waals surface area contributed by atoms with Crippen molar-refractivity contribution in [3.63, 3.8) is 0 Å². The summed E-state index contributed by atoms with van der Waals surface area (Å²) in [4.78, 5) is 24.9. The predicted molar refractivity (Wildman–Crippen MR) is 95.7 cm³/mol. The molecule has 0 unspecified atom stereocenters. The number of methoxy groups -OCH3 is 1. The van der Waals surface area contributed by atoms with Crippen LogP contribution in [0.25, 0.3) is 0 Å². The van der Waals surface area contributed by atoms with Gasteiger partial charge in [-0.1, -0.05) is 29.3 Å². The number of aryl methyl sites for hydroxylation is 1. The second-order valence-electron chi connectivity index (χ2n) is 4.87. The van der Waals surface area contributed by atoms with E-state index in [9.17, 15) is 9.59 Å². The van der Waals surface area contributed by atoms with Crippen LogP contribution >= 0.6 is 34.5 Å². The smallest absolute Gasteiger partial charge is 0.341 e. The molecule has 0 aliphatic rings. The highest BCUT2D eigenvalue weighted by molar-refractivity contribution is 7.16. The van der Waals surface area contributed by atoms with Gasteiger partial charge in [0.2, 0.25) is 0 Å². The van der Waals surface area contributed by atoms with Crippen molar-refractivity contribution in [3.05, 3.63) is 44.2 Å². The highest BCUT2D eigenvalue weighted by atomic mass is 35.5. The molecule has 1 aromatic carbocycles. The molecule has 0 atom stereocenters. The number of benzene rings is 1. The quantitative estimate of drug-likeness (QED) is 0.768. The van der Waals surface area contributed by atoms with E-state index in [-0.39, 0.29) is 12.4 Å². The van der Waals surface area contributed by atoms with Crippen LogP contribution in [-0.4, -0.2) is 25.6 Å². The summed E-state index contributed by atoms with van der Waals surface area (Å²) in [6.45, 7) is 3.37. The Labute approximate surface area is 153 Å². The molecule has 0 saturated heterocycles. The molecular formula is C16H15Cl2NO4S. The SMILES string of the molecule is COC(=O)c1c(NC(=O)COc2c(Cl)cccc2Cl)sc(C)c1C. The summed E-state index contributed by atoms with van der Waals surface area (Å²) in [5, 5.41) is 3.72. The normalized spacial score (nSPS) is 10.4. The van der Waals surface area contributed by atoms with Crippen molar-refractivity contribution >= 4 is 51.4 Å². The number of anilines is 1. The molecule has 5 nitrogen and oxygen atoms in total. The highest BCUT2D eigenvalue weighted by Crippen LogP contribution is 2.34. The molecule has 0 fully saturated rings. The molecule has 1 heterocycles. The first kappa shape index (κ1) is 18.6. The number of amides is 1. The number of nitrogens with one attached hydrogen (secondary N) is 1. The number of carbonyl (C=O) groups is 2. The molecule has 0 spiro atoms. The molecule has 24 heavy (non-hydrogen) atoms. The van der Waals surface area contributed by atoms with Crippen LogP contribution < -0.4 is 10.1 Å². The van der Waals surface area contributed by atoms with E-state index in [1.54, 1.807) is 25.1 Å². The number of thiophene rings is 1. The van der Waals surface area contributed by atoms with Crippen LogP contribution in [-0.2, 0) is 9.53 Å². The Bertz CT molecular complexity index is 768. The molecule has 0 aliphatic carbocycles. The van der Waals surface area contributed by atoms with Gasteiger partial charge in [-0.05, 0) is 31.5 Å². The number of carbonyl (C=O) groups excluding carboxylic acids is 2. The van der Waals surface area contributed by atoms with Gasteiger partial charge in [-0.15, -0.1) is 11.3 Å². The number of esters is 1. The summed E-state index contributed by atoms with van der Waals surface area (Å²) in [5.41, 5.74) is 1.13. The predicted octanol–water partition coefficient (Wildman–Crippen LogP) is 4.48. The van der Waals surface area contributed by atoms with E-state index < -0.39 is 11.9 Å². The summed E-state index contributed by atoms with van der Waals surface area (Å²) in [5.74, 6) is -0.692. The number of rotatable bonds is 5. The fourth-order valence-corrected chi connectivity index (χ4v) is 3.55. The Kier molecular flexibility index (Phi) is 6.10. The van der Waals surface area contributed by atoms with Gasteiger partial charge >= 0.3 is 5.97 Å². The third-order valence-electron chi connectivity index (χ3n) is 3.29. The molecule has 8 heteroatoms. The van der Waals surface area contributed by atoms with Gasteiger partial charge in [0.25, 0.3) is 5.91 Å². The van der Waals surface area contributed by atoms with Crippen molar-refractivity contribution in [1.82, 2.24) is 0 Å². The van der Waals surface area contributed by atoms with Crippen LogP contribution in [0, 0.1) is 13.8 Å². The van der Waals surface area contributed by atoms with Crippen LogP contribution in [0.3, 0.4) is 0 Å². The van der Waals surface area contributed by atoms with Crippen molar-refractivity contribution in [1.29, 1.82) is 0 Å². The van der Waals surface area contributed by atoms with E-state index >= 15 is 0 Å². The Morgan fingerprint density at radius 1 is 1.21 bits per heavy atom. The fraction of sp³-hybridized carbons (Fsp3) is 0.250. The van der Waals surface area contributed by atoms with Crippen molar-refractivity contribution in [3.8, 4) is 5.75 Å². The third kappa shape index (κ3) is 4.01. The van der Waals surface area contributed by atoms with E-state index in [2.05, 4.69) is 5.32 Å². The molecule has 1 N–H and O–H groups in total. The van der Waals surface area contributed by atoms with Gasteiger partial charge in [0.1, 0.15) is 5.00 Å². The number of ether oxygens (including phenoxy) is 2. The Morgan fingerprint density at radius 2 is 1.83 bits per heavy atom. The van der Waals surface area contributed by atoms with Crippen LogP contribution in [0.15, 0.2) is 18.2 Å². The molecule has 1 aromatic heterocycles. The minimum atomic E-state index is -0.498. The summed E-state index contributed by atoms with van der Waals surface area (Å²) in [6.07, 6.45) is 0. The van der Waals surface area contributed by atoms with Crippen LogP contribution in [0.1, 0.15) is 20.8 Å². The van der Waals surface area contributed by atoms with E-state index in [0.717, 1.165) is 10.4 Å². The summed E-state index contributed by atoms with van der Waals surface area (Å²) >= 11 is 13.3. The highest BCUT2D eigenvalue weighted by Gasteiger charge is 2.21. The lowest BCUT2D eigenvalue weighted by Crippen LogP contribution is -2.21. The lowest BCUT2D eigenvalue weighted by Gasteiger charge is -2.10. The first-order valence-electron chi connectivity index (χ1n) is 6.90. The van der Waals surface area contributed by atoms with E-state index in [0.29, 0.717) is 20.6 Å². The molecule has 0 saturated carbocycles. The summed E-state index contributed by atoms with van der Waals surface area (Å²) in [7, 11) is 1.29. The standard InChI is InChI=1S/C16H15Cl2NO4S/c1-8-9(2)24-15(13(8)16(21)22-3)19-12(20)7-23-14-10(17)5-4-6-11(14)18/h4-6H,7H2,1-3H3,(H,19,20). The zero-order valence-electron chi connectivity index (χ0n) is 13.2. The zero-order valence-corrected chi connectivity index (χ0v) is 15.6. The molecule has 0 aliphatic heterocycles. The topological polar surface area (TPSA) is 64.6 Å². The Balaban J connectivity index is 2.11. The average Bonchev–Trinajstić information content (AvgIpc) is 2.80. The number of hydrogen-bond donors (Lipinski definition) is 1. The molecule has 2 rings (SSSR count). The Hall–Kier alpha value is -1.76. The maximum absolute atomic E-state index is 12.1. The largest absolute Gasteiger partial charge is 0.481 e. The van der Waals surface area contributed by atoms with Gasteiger partial charge in [0.05, 0.1) is 22.7 Å². The maximum Gasteiger partial charge on any atom is 0.341 e. The van der Waals surface area contributed by atoms with Gasteiger partial charge in [0.15, 0.2) is 12.4 Å². The third-order valence-corrected chi connectivity index (χ3v) is 5.01. The summed E-state index contributed by atoms with van der Waals surface area (Å²) < 4.78 is 10.1. The van der Waals surface area contributed by atoms with Gasteiger partial charge in [0, 0.05) is 4.88 Å². The maximum atomic E-state index is 12.1. The van der Waals surface area contributed by atoms with Gasteiger partial charge < -0.3 is 14.8 Å². The van der Waals surface area contributed by atoms with Crippen molar-refractivity contribution in [2.75, 3.05) is 19.0 Å². The minimum absolute atomic E-state index is 0.239. The van der Waals surface area contributed by atoms with Crippen LogP contribution in [0.2, 0.25) is 10.0 Å². The van der Waals surface area contributed by atoms with Crippen molar-refractivity contribution < 1.29 is 19.1 Å². The number of halogens is 2. The van der Waals surface area contributed by atoms with Crippen molar-refractivity contribution in [2.24, 2.45) is 0 Å². The van der Waals surface area contributed by atoms with E-state index in [1.165, 1.54) is 18.4 Å². The average molecular weight is 388 g/mol. The molecule has 128 valence electrons. The number of hydrogen-bond acceptors (Lipinski definition) is 5. The zero-order chi connectivity index (χ0) is 17.9. The van der Waals surface area contributed by atoms with Crippen LogP contribution in [0.4, 0.5) is 5.00 Å².